The number of hydrogen-bond donors (Lipinski definition) is 1. The lowest BCUT2D eigenvalue weighted by Crippen LogP contribution is -2.16. The Labute approximate surface area is 65.6 Å². The van der Waals surface area contributed by atoms with Gasteiger partial charge in [-0.3, -0.25) is 4.98 Å². The minimum absolute atomic E-state index is 0.572. The van der Waals surface area contributed by atoms with Gasteiger partial charge in [0, 0.05) is 18.9 Å². The molecule has 0 spiro atoms. The molecule has 0 amide bonds. The lowest BCUT2D eigenvalue weighted by molar-refractivity contribution is 0.305. The number of nitrogens with zero attached hydrogens (tertiary/aromatic N) is 2. The molecule has 1 aromatic heterocycles. The van der Waals surface area contributed by atoms with Gasteiger partial charge in [-0.2, -0.15) is 0 Å². The second kappa shape index (κ2) is 4.62. The van der Waals surface area contributed by atoms with Crippen LogP contribution in [0, 0.1) is 0 Å². The van der Waals surface area contributed by atoms with Crippen LogP contribution in [-0.2, 0) is 0 Å². The summed E-state index contributed by atoms with van der Waals surface area (Å²) in [6, 6.07) is 0. The highest BCUT2D eigenvalue weighted by Gasteiger charge is 1.90. The van der Waals surface area contributed by atoms with Crippen LogP contribution in [0.15, 0.2) is 18.6 Å². The molecule has 1 rings (SSSR count). The fourth-order valence-electron chi connectivity index (χ4n) is 0.618. The van der Waals surface area contributed by atoms with E-state index >= 15 is 0 Å². The molecule has 0 aliphatic carbocycles. The van der Waals surface area contributed by atoms with Crippen LogP contribution in [0.1, 0.15) is 0 Å². The van der Waals surface area contributed by atoms with E-state index in [-0.39, 0.29) is 0 Å². The van der Waals surface area contributed by atoms with E-state index in [0.29, 0.717) is 12.5 Å². The molecule has 0 atom stereocenters. The third-order valence-electron chi connectivity index (χ3n) is 1.14. The molecule has 0 saturated carbocycles. The number of likely N-dealkylation sites (N-methyl/N-ethyl adjacent to an activating group) is 1. The van der Waals surface area contributed by atoms with Crippen molar-refractivity contribution in [2.24, 2.45) is 0 Å². The first-order valence-corrected chi connectivity index (χ1v) is 3.47. The number of aromatic nitrogens is 2. The molecule has 0 saturated heterocycles. The van der Waals surface area contributed by atoms with E-state index in [2.05, 4.69) is 15.3 Å². The Kier molecular flexibility index (Phi) is 3.34. The first-order chi connectivity index (χ1) is 5.43. The molecule has 0 radical (unpaired) electrons. The van der Waals surface area contributed by atoms with Gasteiger partial charge in [0.15, 0.2) is 0 Å². The molecule has 60 valence electrons. The van der Waals surface area contributed by atoms with Crippen molar-refractivity contribution in [3.05, 3.63) is 18.6 Å². The second-order valence-electron chi connectivity index (χ2n) is 2.00. The summed E-state index contributed by atoms with van der Waals surface area (Å²) >= 11 is 0. The van der Waals surface area contributed by atoms with Crippen molar-refractivity contribution in [2.45, 2.75) is 0 Å². The number of ether oxygens (including phenoxy) is 1. The van der Waals surface area contributed by atoms with E-state index in [1.54, 1.807) is 18.6 Å². The third kappa shape index (κ3) is 2.95. The van der Waals surface area contributed by atoms with Crippen molar-refractivity contribution in [3.63, 3.8) is 0 Å². The summed E-state index contributed by atoms with van der Waals surface area (Å²) in [7, 11) is 1.88. The van der Waals surface area contributed by atoms with Gasteiger partial charge in [-0.25, -0.2) is 4.98 Å². The van der Waals surface area contributed by atoms with Crippen LogP contribution in [0.4, 0.5) is 0 Å². The first kappa shape index (κ1) is 7.94. The standard InChI is InChI=1S/C7H11N3O/c1-8-4-5-11-7-6-9-2-3-10-7/h2-3,6,8H,4-5H2,1H3. The van der Waals surface area contributed by atoms with Crippen LogP contribution in [0.5, 0.6) is 5.88 Å². The van der Waals surface area contributed by atoms with Crippen molar-refractivity contribution in [1.82, 2.24) is 15.3 Å². The molecular formula is C7H11N3O. The Bertz CT molecular complexity index is 190. The molecule has 4 nitrogen and oxygen atoms in total. The Morgan fingerprint density at radius 3 is 3.09 bits per heavy atom. The SMILES string of the molecule is CNCCOc1cnccn1. The van der Waals surface area contributed by atoms with Crippen molar-refractivity contribution >= 4 is 0 Å². The van der Waals surface area contributed by atoms with Gasteiger partial charge in [-0.05, 0) is 7.05 Å². The van der Waals surface area contributed by atoms with Crippen molar-refractivity contribution in [1.29, 1.82) is 0 Å². The van der Waals surface area contributed by atoms with Gasteiger partial charge in [0.25, 0.3) is 0 Å². The summed E-state index contributed by atoms with van der Waals surface area (Å²) in [4.78, 5) is 7.79. The van der Waals surface area contributed by atoms with Gasteiger partial charge in [0.1, 0.15) is 6.61 Å². The van der Waals surface area contributed by atoms with Gasteiger partial charge in [-0.1, -0.05) is 0 Å². The quantitative estimate of drug-likeness (QED) is 0.622. The topological polar surface area (TPSA) is 47.0 Å². The maximum absolute atomic E-state index is 5.21. The lowest BCUT2D eigenvalue weighted by atomic mass is 10.7. The van der Waals surface area contributed by atoms with Crippen LogP contribution < -0.4 is 10.1 Å². The Balaban J connectivity index is 2.28. The molecule has 0 bridgehead atoms. The van der Waals surface area contributed by atoms with Crippen LogP contribution in [0.3, 0.4) is 0 Å². The fourth-order valence-corrected chi connectivity index (χ4v) is 0.618. The zero-order chi connectivity index (χ0) is 7.94. The van der Waals surface area contributed by atoms with Crippen LogP contribution in [0.25, 0.3) is 0 Å². The van der Waals surface area contributed by atoms with E-state index in [4.69, 9.17) is 4.74 Å². The van der Waals surface area contributed by atoms with Crippen molar-refractivity contribution < 1.29 is 4.74 Å². The van der Waals surface area contributed by atoms with Gasteiger partial charge >= 0.3 is 0 Å². The Morgan fingerprint density at radius 2 is 2.45 bits per heavy atom. The zero-order valence-corrected chi connectivity index (χ0v) is 6.45. The van der Waals surface area contributed by atoms with Gasteiger partial charge in [-0.15, -0.1) is 0 Å². The normalized spacial score (nSPS) is 9.55. The number of hydrogen-bond acceptors (Lipinski definition) is 4. The largest absolute Gasteiger partial charge is 0.475 e. The predicted molar refractivity (Wildman–Crippen MR) is 41.5 cm³/mol. The molecular weight excluding hydrogens is 142 g/mol. The van der Waals surface area contributed by atoms with Crippen LogP contribution >= 0.6 is 0 Å². The Hall–Kier alpha value is -1.16. The van der Waals surface area contributed by atoms with Crippen LogP contribution in [0.2, 0.25) is 0 Å². The number of rotatable bonds is 4. The summed E-state index contributed by atoms with van der Waals surface area (Å²) in [6.07, 6.45) is 4.81. The van der Waals surface area contributed by atoms with E-state index in [1.165, 1.54) is 0 Å². The number of nitrogens with one attached hydrogen (secondary N) is 1. The van der Waals surface area contributed by atoms with Crippen molar-refractivity contribution in [3.8, 4) is 5.88 Å². The summed E-state index contributed by atoms with van der Waals surface area (Å²) in [5.74, 6) is 0.572. The van der Waals surface area contributed by atoms with Gasteiger partial charge < -0.3 is 10.1 Å². The van der Waals surface area contributed by atoms with E-state index in [1.807, 2.05) is 7.05 Å². The van der Waals surface area contributed by atoms with Crippen molar-refractivity contribution in [2.75, 3.05) is 20.2 Å². The highest BCUT2D eigenvalue weighted by molar-refractivity contribution is 5.00. The zero-order valence-electron chi connectivity index (χ0n) is 6.45. The minimum atomic E-state index is 0.572. The molecule has 1 N–H and O–H groups in total. The fraction of sp³-hybridized carbons (Fsp3) is 0.429. The molecule has 0 aliphatic rings. The third-order valence-corrected chi connectivity index (χ3v) is 1.14. The van der Waals surface area contributed by atoms with E-state index in [0.717, 1.165) is 6.54 Å². The highest BCUT2D eigenvalue weighted by atomic mass is 16.5. The minimum Gasteiger partial charge on any atom is -0.475 e. The monoisotopic (exact) mass is 153 g/mol. The Morgan fingerprint density at radius 1 is 1.55 bits per heavy atom. The van der Waals surface area contributed by atoms with E-state index < -0.39 is 0 Å². The molecule has 1 heterocycles. The maximum Gasteiger partial charge on any atom is 0.232 e. The summed E-state index contributed by atoms with van der Waals surface area (Å²) in [5, 5.41) is 2.96. The molecule has 0 fully saturated rings. The lowest BCUT2D eigenvalue weighted by Gasteiger charge is -2.01. The predicted octanol–water partition coefficient (Wildman–Crippen LogP) is 0.0748. The van der Waals surface area contributed by atoms with Crippen LogP contribution in [-0.4, -0.2) is 30.2 Å². The molecule has 0 unspecified atom stereocenters. The average molecular weight is 153 g/mol. The van der Waals surface area contributed by atoms with Gasteiger partial charge in [0.05, 0.1) is 6.20 Å². The second-order valence-corrected chi connectivity index (χ2v) is 2.00. The molecule has 11 heavy (non-hydrogen) atoms. The summed E-state index contributed by atoms with van der Waals surface area (Å²) in [6.45, 7) is 1.44. The molecule has 1 aromatic rings. The first-order valence-electron chi connectivity index (χ1n) is 3.47. The highest BCUT2D eigenvalue weighted by Crippen LogP contribution is 1.98. The molecule has 0 aliphatic heterocycles. The van der Waals surface area contributed by atoms with E-state index in [9.17, 15) is 0 Å². The molecule has 0 aromatic carbocycles. The maximum atomic E-state index is 5.21. The average Bonchev–Trinajstić information content (AvgIpc) is 2.07. The summed E-state index contributed by atoms with van der Waals surface area (Å²) < 4.78 is 5.21. The molecule has 4 heteroatoms. The summed E-state index contributed by atoms with van der Waals surface area (Å²) in [5.41, 5.74) is 0. The smallest absolute Gasteiger partial charge is 0.232 e. The van der Waals surface area contributed by atoms with Gasteiger partial charge in [0.2, 0.25) is 5.88 Å².